The van der Waals surface area contributed by atoms with Crippen LogP contribution in [0.1, 0.15) is 28.8 Å². The standard InChI is InChI=1S/C32H28Cl2N4O4/c1-19-6-9-21-4-3-5-27(32(21)36-19)42-18-23-24(33)11-13-26(31(23)34)38(2)30(41)17-35-28(39)14-8-20-7-12-25-22(16-20)10-15-29(40)37-25/h3-9,11-14,16H,10,15,17-18H2,1-2H3,(H,35,39)(H,37,40). The molecule has 0 saturated heterocycles. The molecule has 2 heterocycles. The van der Waals surface area contributed by atoms with Gasteiger partial charge in [-0.25, -0.2) is 4.98 Å². The zero-order chi connectivity index (χ0) is 29.8. The van der Waals surface area contributed by atoms with E-state index in [-0.39, 0.29) is 30.0 Å². The van der Waals surface area contributed by atoms with Crippen LogP contribution in [-0.4, -0.2) is 36.3 Å². The van der Waals surface area contributed by atoms with E-state index < -0.39 is 5.91 Å². The molecule has 3 aromatic carbocycles. The van der Waals surface area contributed by atoms with Crippen molar-refractivity contribution < 1.29 is 19.1 Å². The molecule has 214 valence electrons. The Kier molecular flexibility index (Phi) is 8.75. The molecule has 0 spiro atoms. The smallest absolute Gasteiger partial charge is 0.246 e. The number of hydrogen-bond donors (Lipinski definition) is 2. The summed E-state index contributed by atoms with van der Waals surface area (Å²) in [4.78, 5) is 42.9. The maximum Gasteiger partial charge on any atom is 0.246 e. The van der Waals surface area contributed by atoms with E-state index >= 15 is 0 Å². The minimum Gasteiger partial charge on any atom is -0.487 e. The molecule has 1 aliphatic heterocycles. The van der Waals surface area contributed by atoms with Gasteiger partial charge in [0, 0.05) is 46.9 Å². The van der Waals surface area contributed by atoms with E-state index in [1.165, 1.54) is 11.0 Å². The molecule has 3 amide bonds. The van der Waals surface area contributed by atoms with Gasteiger partial charge in [-0.2, -0.15) is 0 Å². The topological polar surface area (TPSA) is 101 Å². The number of hydrogen-bond acceptors (Lipinski definition) is 5. The number of likely N-dealkylation sites (N-methyl/N-ethyl adjacent to an activating group) is 1. The second-order valence-electron chi connectivity index (χ2n) is 9.90. The van der Waals surface area contributed by atoms with Crippen LogP contribution in [0.3, 0.4) is 0 Å². The Labute approximate surface area is 253 Å². The number of benzene rings is 3. The minimum absolute atomic E-state index is 0.00206. The van der Waals surface area contributed by atoms with Crippen LogP contribution in [0.4, 0.5) is 11.4 Å². The van der Waals surface area contributed by atoms with E-state index in [9.17, 15) is 14.4 Å². The summed E-state index contributed by atoms with van der Waals surface area (Å²) in [7, 11) is 1.58. The van der Waals surface area contributed by atoms with Crippen LogP contribution in [0.15, 0.2) is 66.7 Å². The van der Waals surface area contributed by atoms with Crippen molar-refractivity contribution in [1.82, 2.24) is 10.3 Å². The quantitative estimate of drug-likeness (QED) is 0.237. The number of rotatable bonds is 8. The van der Waals surface area contributed by atoms with Gasteiger partial charge in [0.1, 0.15) is 17.9 Å². The van der Waals surface area contributed by atoms with Crippen LogP contribution in [0.25, 0.3) is 17.0 Å². The van der Waals surface area contributed by atoms with Gasteiger partial charge in [0.05, 0.1) is 17.3 Å². The lowest BCUT2D eigenvalue weighted by Crippen LogP contribution is -2.37. The van der Waals surface area contributed by atoms with Crippen molar-refractivity contribution in [1.29, 1.82) is 0 Å². The number of para-hydroxylation sites is 1. The number of amides is 3. The van der Waals surface area contributed by atoms with Gasteiger partial charge in [-0.05, 0) is 66.9 Å². The lowest BCUT2D eigenvalue weighted by atomic mass is 10.0. The fourth-order valence-corrected chi connectivity index (χ4v) is 5.22. The molecule has 1 aromatic heterocycles. The number of carbonyl (C=O) groups excluding carboxylic acids is 3. The molecule has 2 N–H and O–H groups in total. The molecule has 0 aliphatic carbocycles. The number of nitrogens with one attached hydrogen (secondary N) is 2. The van der Waals surface area contributed by atoms with E-state index in [0.29, 0.717) is 34.9 Å². The first-order valence-corrected chi connectivity index (χ1v) is 14.1. The summed E-state index contributed by atoms with van der Waals surface area (Å²) in [6, 6.07) is 18.5. The number of ether oxygens (including phenoxy) is 1. The number of fused-ring (bicyclic) bond motifs is 2. The third kappa shape index (κ3) is 6.56. The van der Waals surface area contributed by atoms with Gasteiger partial charge in [0.2, 0.25) is 17.7 Å². The van der Waals surface area contributed by atoms with Gasteiger partial charge in [-0.15, -0.1) is 0 Å². The summed E-state index contributed by atoms with van der Waals surface area (Å²) in [5.74, 6) is -0.196. The lowest BCUT2D eigenvalue weighted by molar-refractivity contribution is -0.122. The second kappa shape index (κ2) is 12.6. The molecule has 10 heteroatoms. The normalized spacial score (nSPS) is 12.6. The van der Waals surface area contributed by atoms with Gasteiger partial charge in [0.25, 0.3) is 0 Å². The van der Waals surface area contributed by atoms with Crippen molar-refractivity contribution in [3.05, 3.63) is 99.2 Å². The molecule has 4 aromatic rings. The summed E-state index contributed by atoms with van der Waals surface area (Å²) < 4.78 is 6.08. The predicted octanol–water partition coefficient (Wildman–Crippen LogP) is 6.11. The van der Waals surface area contributed by atoms with Gasteiger partial charge in [-0.1, -0.05) is 47.5 Å². The largest absolute Gasteiger partial charge is 0.487 e. The number of carbonyl (C=O) groups is 3. The first-order chi connectivity index (χ1) is 20.2. The third-order valence-electron chi connectivity index (χ3n) is 6.96. The first-order valence-electron chi connectivity index (χ1n) is 13.3. The molecule has 0 atom stereocenters. The minimum atomic E-state index is -0.419. The summed E-state index contributed by atoms with van der Waals surface area (Å²) in [6.45, 7) is 1.75. The highest BCUT2D eigenvalue weighted by Crippen LogP contribution is 2.35. The van der Waals surface area contributed by atoms with Crippen molar-refractivity contribution in [2.45, 2.75) is 26.4 Å². The average Bonchev–Trinajstić information content (AvgIpc) is 2.98. The molecule has 0 bridgehead atoms. The summed E-state index contributed by atoms with van der Waals surface area (Å²) >= 11 is 13.2. The number of nitrogens with zero attached hydrogens (tertiary/aromatic N) is 2. The van der Waals surface area contributed by atoms with Gasteiger partial charge < -0.3 is 20.3 Å². The molecule has 0 unspecified atom stereocenters. The van der Waals surface area contributed by atoms with E-state index in [1.54, 1.807) is 25.3 Å². The molecule has 0 radical (unpaired) electrons. The van der Waals surface area contributed by atoms with E-state index in [4.69, 9.17) is 27.9 Å². The fourth-order valence-electron chi connectivity index (χ4n) is 4.61. The Bertz CT molecular complexity index is 1740. The number of pyridine rings is 1. The summed E-state index contributed by atoms with van der Waals surface area (Å²) in [5.41, 5.74) is 5.19. The second-order valence-corrected chi connectivity index (χ2v) is 10.7. The molecule has 1 aliphatic rings. The average molecular weight is 604 g/mol. The van der Waals surface area contributed by atoms with E-state index in [1.807, 2.05) is 55.5 Å². The maximum absolute atomic E-state index is 12.9. The van der Waals surface area contributed by atoms with Crippen LogP contribution < -0.4 is 20.3 Å². The predicted molar refractivity (Wildman–Crippen MR) is 166 cm³/mol. The lowest BCUT2D eigenvalue weighted by Gasteiger charge is -2.21. The third-order valence-corrected chi connectivity index (χ3v) is 7.74. The first kappa shape index (κ1) is 29.1. The molecule has 42 heavy (non-hydrogen) atoms. The van der Waals surface area contributed by atoms with Crippen LogP contribution in [0.5, 0.6) is 5.75 Å². The zero-order valence-electron chi connectivity index (χ0n) is 23.0. The summed E-state index contributed by atoms with van der Waals surface area (Å²) in [5, 5.41) is 7.07. The van der Waals surface area contributed by atoms with Crippen molar-refractivity contribution in [2.24, 2.45) is 0 Å². The highest BCUT2D eigenvalue weighted by Gasteiger charge is 2.19. The zero-order valence-corrected chi connectivity index (χ0v) is 24.6. The van der Waals surface area contributed by atoms with Crippen molar-refractivity contribution in [3.8, 4) is 5.75 Å². The van der Waals surface area contributed by atoms with Crippen LogP contribution in [0, 0.1) is 6.92 Å². The number of aryl methyl sites for hydroxylation is 2. The van der Waals surface area contributed by atoms with E-state index in [0.717, 1.165) is 33.4 Å². The monoisotopic (exact) mass is 602 g/mol. The Morgan fingerprint density at radius 2 is 1.93 bits per heavy atom. The van der Waals surface area contributed by atoms with Crippen LogP contribution in [-0.2, 0) is 27.4 Å². The fraction of sp³-hybridized carbons (Fsp3) is 0.188. The number of anilines is 2. The molecule has 8 nitrogen and oxygen atoms in total. The summed E-state index contributed by atoms with van der Waals surface area (Å²) in [6.07, 6.45) is 4.11. The van der Waals surface area contributed by atoms with Crippen molar-refractivity contribution in [3.63, 3.8) is 0 Å². The Hall–Kier alpha value is -4.40. The van der Waals surface area contributed by atoms with Gasteiger partial charge >= 0.3 is 0 Å². The maximum atomic E-state index is 12.9. The SMILES string of the molecule is Cc1ccc2cccc(OCc3c(Cl)ccc(N(C)C(=O)CNC(=O)C=Cc4ccc5c(c4)CCC(=O)N5)c3Cl)c2n1. The van der Waals surface area contributed by atoms with Crippen molar-refractivity contribution in [2.75, 3.05) is 23.8 Å². The van der Waals surface area contributed by atoms with Crippen LogP contribution in [0.2, 0.25) is 10.0 Å². The van der Waals surface area contributed by atoms with Gasteiger partial charge in [-0.3, -0.25) is 14.4 Å². The number of halogens is 2. The van der Waals surface area contributed by atoms with Crippen LogP contribution >= 0.6 is 23.2 Å². The van der Waals surface area contributed by atoms with E-state index in [2.05, 4.69) is 15.6 Å². The Morgan fingerprint density at radius 1 is 1.10 bits per heavy atom. The molecule has 5 rings (SSSR count). The van der Waals surface area contributed by atoms with Crippen molar-refractivity contribution >= 4 is 69.3 Å². The molecular formula is C32H28Cl2N4O4. The molecule has 0 saturated carbocycles. The highest BCUT2D eigenvalue weighted by atomic mass is 35.5. The highest BCUT2D eigenvalue weighted by molar-refractivity contribution is 6.38. The Morgan fingerprint density at radius 3 is 2.76 bits per heavy atom. The number of aromatic nitrogens is 1. The molecular weight excluding hydrogens is 575 g/mol. The molecule has 0 fully saturated rings. The Balaban J connectivity index is 1.21. The van der Waals surface area contributed by atoms with Gasteiger partial charge in [0.15, 0.2) is 0 Å².